The maximum Gasteiger partial charge on any atom is 0.261 e. The van der Waals surface area contributed by atoms with E-state index in [1.165, 1.54) is 17.7 Å². The summed E-state index contributed by atoms with van der Waals surface area (Å²) in [5.74, 6) is -0.355. The quantitative estimate of drug-likeness (QED) is 0.307. The van der Waals surface area contributed by atoms with Crippen molar-refractivity contribution in [3.63, 3.8) is 0 Å². The van der Waals surface area contributed by atoms with Gasteiger partial charge in [-0.05, 0) is 69.6 Å². The Morgan fingerprint density at radius 1 is 1.14 bits per heavy atom. The lowest BCUT2D eigenvalue weighted by Gasteiger charge is -2.21. The third-order valence-electron chi connectivity index (χ3n) is 4.92. The Balaban J connectivity index is 2.71. The van der Waals surface area contributed by atoms with Gasteiger partial charge in [0.05, 0.1) is 6.26 Å². The first kappa shape index (κ1) is 23.9. The number of amides is 1. The summed E-state index contributed by atoms with van der Waals surface area (Å²) in [5.41, 5.74) is 2.05. The number of hydrogen-bond donors (Lipinski definition) is 1. The Kier molecular flexibility index (Phi) is 10.6. The van der Waals surface area contributed by atoms with Crippen LogP contribution in [0.15, 0.2) is 59.7 Å². The van der Waals surface area contributed by atoms with E-state index in [1.54, 1.807) is 19.3 Å². The van der Waals surface area contributed by atoms with Crippen LogP contribution < -0.4 is 5.32 Å². The molecule has 0 heterocycles. The van der Waals surface area contributed by atoms with E-state index in [2.05, 4.69) is 31.3 Å². The van der Waals surface area contributed by atoms with Gasteiger partial charge in [-0.1, -0.05) is 51.2 Å². The zero-order chi connectivity index (χ0) is 21.0. The fourth-order valence-corrected chi connectivity index (χ4v) is 2.82. The van der Waals surface area contributed by atoms with Crippen molar-refractivity contribution in [1.82, 2.24) is 5.32 Å². The normalized spacial score (nSPS) is 18.6. The van der Waals surface area contributed by atoms with E-state index in [0.29, 0.717) is 12.8 Å². The molecule has 0 aliphatic heterocycles. The SMILES string of the molecule is C\C=C/C(=C\C(=C\OC(CC)C(=O)NC1(C/C=C\C(F)=C/C)CC1)CC)CC. The highest BCUT2D eigenvalue weighted by Gasteiger charge is 2.43. The van der Waals surface area contributed by atoms with Crippen molar-refractivity contribution in [1.29, 1.82) is 0 Å². The molecule has 1 N–H and O–H groups in total. The van der Waals surface area contributed by atoms with Crippen LogP contribution in [0.25, 0.3) is 0 Å². The fourth-order valence-electron chi connectivity index (χ4n) is 2.82. The van der Waals surface area contributed by atoms with Gasteiger partial charge in [0.1, 0.15) is 5.83 Å². The summed E-state index contributed by atoms with van der Waals surface area (Å²) in [7, 11) is 0. The van der Waals surface area contributed by atoms with Gasteiger partial charge < -0.3 is 10.1 Å². The number of rotatable bonds is 12. The molecule has 1 fully saturated rings. The summed E-state index contributed by atoms with van der Waals surface area (Å²) in [4.78, 5) is 12.7. The van der Waals surface area contributed by atoms with Gasteiger partial charge in [-0.2, -0.15) is 0 Å². The summed E-state index contributed by atoms with van der Waals surface area (Å²) < 4.78 is 19.0. The Bertz CT molecular complexity index is 652. The van der Waals surface area contributed by atoms with Crippen molar-refractivity contribution in [2.24, 2.45) is 0 Å². The van der Waals surface area contributed by atoms with Gasteiger partial charge in [-0.25, -0.2) is 4.39 Å². The predicted molar refractivity (Wildman–Crippen MR) is 115 cm³/mol. The lowest BCUT2D eigenvalue weighted by atomic mass is 10.1. The number of ether oxygens (including phenoxy) is 1. The van der Waals surface area contributed by atoms with Crippen LogP contribution in [0.1, 0.15) is 73.1 Å². The number of carbonyl (C=O) groups is 1. The van der Waals surface area contributed by atoms with Crippen LogP contribution in [0, 0.1) is 0 Å². The van der Waals surface area contributed by atoms with E-state index in [4.69, 9.17) is 4.74 Å². The second kappa shape index (κ2) is 12.4. The molecule has 28 heavy (non-hydrogen) atoms. The highest BCUT2D eigenvalue weighted by molar-refractivity contribution is 5.82. The molecule has 1 rings (SSSR count). The molecule has 1 atom stereocenters. The number of halogens is 1. The molecule has 1 aliphatic carbocycles. The van der Waals surface area contributed by atoms with Gasteiger partial charge >= 0.3 is 0 Å². The van der Waals surface area contributed by atoms with E-state index < -0.39 is 6.10 Å². The van der Waals surface area contributed by atoms with Gasteiger partial charge in [0, 0.05) is 5.54 Å². The molecular formula is C24H36FNO2. The van der Waals surface area contributed by atoms with Crippen molar-refractivity contribution in [3.8, 4) is 0 Å². The van der Waals surface area contributed by atoms with Crippen LogP contribution in [0.5, 0.6) is 0 Å². The highest BCUT2D eigenvalue weighted by atomic mass is 19.1. The van der Waals surface area contributed by atoms with E-state index >= 15 is 0 Å². The van der Waals surface area contributed by atoms with Gasteiger partial charge in [0.25, 0.3) is 5.91 Å². The molecule has 1 amide bonds. The van der Waals surface area contributed by atoms with Crippen molar-refractivity contribution >= 4 is 5.91 Å². The molecule has 1 aliphatic rings. The van der Waals surface area contributed by atoms with Gasteiger partial charge in [0.2, 0.25) is 0 Å². The number of nitrogens with one attached hydrogen (secondary N) is 1. The first-order valence-electron chi connectivity index (χ1n) is 10.4. The first-order valence-corrected chi connectivity index (χ1v) is 10.4. The topological polar surface area (TPSA) is 38.3 Å². The molecule has 1 unspecified atom stereocenters. The van der Waals surface area contributed by atoms with E-state index in [9.17, 15) is 9.18 Å². The van der Waals surface area contributed by atoms with Crippen LogP contribution >= 0.6 is 0 Å². The zero-order valence-corrected chi connectivity index (χ0v) is 18.1. The lowest BCUT2D eigenvalue weighted by Crippen LogP contribution is -2.43. The second-order valence-corrected chi connectivity index (χ2v) is 7.20. The molecule has 0 bridgehead atoms. The third kappa shape index (κ3) is 8.28. The average molecular weight is 390 g/mol. The predicted octanol–water partition coefficient (Wildman–Crippen LogP) is 6.46. The number of allylic oxidation sites excluding steroid dienone is 8. The fraction of sp³-hybridized carbons (Fsp3) is 0.542. The average Bonchev–Trinajstić information content (AvgIpc) is 3.45. The van der Waals surface area contributed by atoms with Crippen LogP contribution in [-0.4, -0.2) is 17.6 Å². The molecule has 1 saturated carbocycles. The molecule has 0 aromatic heterocycles. The van der Waals surface area contributed by atoms with Crippen LogP contribution in [0.4, 0.5) is 4.39 Å². The maximum absolute atomic E-state index is 13.2. The van der Waals surface area contributed by atoms with Crippen molar-refractivity contribution in [2.75, 3.05) is 0 Å². The van der Waals surface area contributed by atoms with Crippen LogP contribution in [-0.2, 0) is 9.53 Å². The van der Waals surface area contributed by atoms with Crippen LogP contribution in [0.3, 0.4) is 0 Å². The molecule has 0 spiro atoms. The molecule has 0 radical (unpaired) electrons. The maximum atomic E-state index is 13.2. The van der Waals surface area contributed by atoms with E-state index in [0.717, 1.165) is 31.3 Å². The Morgan fingerprint density at radius 3 is 2.32 bits per heavy atom. The Hall–Kier alpha value is -2.10. The molecule has 0 saturated heterocycles. The minimum absolute atomic E-state index is 0.0974. The minimum atomic E-state index is -0.518. The highest BCUT2D eigenvalue weighted by Crippen LogP contribution is 2.39. The Labute approximate surface area is 170 Å². The van der Waals surface area contributed by atoms with Crippen LogP contribution in [0.2, 0.25) is 0 Å². The number of carbonyl (C=O) groups excluding carboxylic acids is 1. The van der Waals surface area contributed by atoms with Crippen molar-refractivity contribution < 1.29 is 13.9 Å². The van der Waals surface area contributed by atoms with Crippen molar-refractivity contribution in [2.45, 2.75) is 84.8 Å². The van der Waals surface area contributed by atoms with Gasteiger partial charge in [-0.15, -0.1) is 0 Å². The van der Waals surface area contributed by atoms with E-state index in [-0.39, 0.29) is 17.3 Å². The summed E-state index contributed by atoms with van der Waals surface area (Å²) in [6, 6.07) is 0. The largest absolute Gasteiger partial charge is 0.488 e. The monoisotopic (exact) mass is 389 g/mol. The molecule has 0 aromatic rings. The minimum Gasteiger partial charge on any atom is -0.488 e. The number of hydrogen-bond acceptors (Lipinski definition) is 2. The van der Waals surface area contributed by atoms with Gasteiger partial charge in [-0.3, -0.25) is 4.79 Å². The zero-order valence-electron chi connectivity index (χ0n) is 18.1. The lowest BCUT2D eigenvalue weighted by molar-refractivity contribution is -0.130. The second-order valence-electron chi connectivity index (χ2n) is 7.20. The summed E-state index contributed by atoms with van der Waals surface area (Å²) in [5, 5.41) is 3.11. The Morgan fingerprint density at radius 2 is 1.82 bits per heavy atom. The summed E-state index contributed by atoms with van der Waals surface area (Å²) in [6.07, 6.45) is 16.9. The summed E-state index contributed by atoms with van der Waals surface area (Å²) >= 11 is 0. The smallest absolute Gasteiger partial charge is 0.261 e. The summed E-state index contributed by atoms with van der Waals surface area (Å²) in [6.45, 7) is 9.80. The molecule has 3 nitrogen and oxygen atoms in total. The third-order valence-corrected chi connectivity index (χ3v) is 4.92. The molecule has 4 heteroatoms. The van der Waals surface area contributed by atoms with Gasteiger partial charge in [0.15, 0.2) is 6.10 Å². The molecule has 156 valence electrons. The molecular weight excluding hydrogens is 353 g/mol. The molecule has 0 aromatic carbocycles. The van der Waals surface area contributed by atoms with E-state index in [1.807, 2.05) is 19.9 Å². The van der Waals surface area contributed by atoms with Crippen molar-refractivity contribution in [3.05, 3.63) is 59.7 Å². The standard InChI is InChI=1S/C24H36FNO2/c1-6-12-19(7-2)17-20(8-3)18-28-22(10-5)23(27)26-24(15-16-24)14-11-13-21(25)9-4/h6,9,11-13,17-18,22H,7-8,10,14-16H2,1-5H3,(H,26,27)/b12-6-,13-11-,19-17-,20-18+,21-9+. The first-order chi connectivity index (χ1) is 13.4.